The molecule has 0 unspecified atom stereocenters. The fourth-order valence-electron chi connectivity index (χ4n) is 1.75. The lowest BCUT2D eigenvalue weighted by molar-refractivity contribution is 0.139. The van der Waals surface area contributed by atoms with Crippen LogP contribution >= 0.6 is 11.3 Å². The molecule has 0 radical (unpaired) electrons. The van der Waals surface area contributed by atoms with Gasteiger partial charge in [-0.3, -0.25) is 4.18 Å². The molecule has 0 saturated heterocycles. The summed E-state index contributed by atoms with van der Waals surface area (Å²) in [6.45, 7) is 6.89. The molecular weight excluding hydrogens is 310 g/mol. The molecule has 0 fully saturated rings. The van der Waals surface area contributed by atoms with Crippen LogP contribution in [-0.2, 0) is 14.3 Å². The Morgan fingerprint density at radius 3 is 2.48 bits per heavy atom. The smallest absolute Gasteiger partial charge is 0.297 e. The second-order valence-electron chi connectivity index (χ2n) is 5.64. The number of aromatic hydroxyl groups is 1. The Hall–Kier alpha value is -1.44. The lowest BCUT2D eigenvalue weighted by Gasteiger charge is -2.19. The molecule has 7 heteroatoms. The van der Waals surface area contributed by atoms with Crippen molar-refractivity contribution < 1.29 is 17.7 Å². The molecule has 5 nitrogen and oxygen atoms in total. The fraction of sp³-hybridized carbons (Fsp3) is 0.357. The minimum absolute atomic E-state index is 0.0754. The van der Waals surface area contributed by atoms with Crippen molar-refractivity contribution in [3.63, 3.8) is 0 Å². The average Bonchev–Trinajstić information content (AvgIpc) is 2.72. The first kappa shape index (κ1) is 15.9. The first-order valence-corrected chi connectivity index (χ1v) is 8.58. The number of aryl methyl sites for hydroxylation is 1. The number of nitrogens with zero attached hydrogens (tertiary/aromatic N) is 1. The Balaban J connectivity index is 2.49. The molecule has 1 aromatic carbocycles. The summed E-state index contributed by atoms with van der Waals surface area (Å²) in [4.78, 5) is 4.05. The van der Waals surface area contributed by atoms with E-state index in [9.17, 15) is 13.5 Å². The molecule has 2 rings (SSSR count). The van der Waals surface area contributed by atoms with Gasteiger partial charge in [0.25, 0.3) is 10.1 Å². The van der Waals surface area contributed by atoms with E-state index in [1.165, 1.54) is 28.8 Å². The van der Waals surface area contributed by atoms with Gasteiger partial charge in [-0.1, -0.05) is 6.07 Å². The highest BCUT2D eigenvalue weighted by Gasteiger charge is 2.25. The third kappa shape index (κ3) is 3.81. The predicted molar refractivity (Wildman–Crippen MR) is 82.0 cm³/mol. The van der Waals surface area contributed by atoms with Crippen LogP contribution in [0.3, 0.4) is 0 Å². The SMILES string of the molecule is Cc1ccc(S(=O)(=O)OC(C)(C)C)cc1-c1nc(O)cs1. The molecule has 21 heavy (non-hydrogen) atoms. The highest BCUT2D eigenvalue weighted by Crippen LogP contribution is 2.31. The highest BCUT2D eigenvalue weighted by molar-refractivity contribution is 7.86. The van der Waals surface area contributed by atoms with Gasteiger partial charge < -0.3 is 5.11 Å². The summed E-state index contributed by atoms with van der Waals surface area (Å²) in [6.07, 6.45) is 0. The van der Waals surface area contributed by atoms with Crippen LogP contribution in [0.2, 0.25) is 0 Å². The Morgan fingerprint density at radius 2 is 1.95 bits per heavy atom. The van der Waals surface area contributed by atoms with Crippen molar-refractivity contribution in [2.45, 2.75) is 38.2 Å². The minimum atomic E-state index is -3.84. The quantitative estimate of drug-likeness (QED) is 0.875. The molecule has 1 heterocycles. The molecule has 1 aromatic heterocycles. The van der Waals surface area contributed by atoms with Crippen molar-refractivity contribution in [2.24, 2.45) is 0 Å². The van der Waals surface area contributed by atoms with Crippen LogP contribution in [0.25, 0.3) is 10.6 Å². The van der Waals surface area contributed by atoms with Gasteiger partial charge in [0.05, 0.1) is 15.9 Å². The van der Waals surface area contributed by atoms with Crippen LogP contribution in [0.1, 0.15) is 26.3 Å². The second-order valence-corrected chi connectivity index (χ2v) is 8.04. The average molecular weight is 327 g/mol. The standard InChI is InChI=1S/C14H17NO4S2/c1-9-5-6-10(21(17,18)19-14(2,3)4)7-11(9)13-15-12(16)8-20-13/h5-8,16H,1-4H3. The van der Waals surface area contributed by atoms with Gasteiger partial charge in [-0.15, -0.1) is 11.3 Å². The van der Waals surface area contributed by atoms with Crippen LogP contribution in [-0.4, -0.2) is 24.1 Å². The molecule has 1 N–H and O–H groups in total. The van der Waals surface area contributed by atoms with Crippen LogP contribution < -0.4 is 0 Å². The van der Waals surface area contributed by atoms with Crippen molar-refractivity contribution in [3.8, 4) is 16.5 Å². The monoisotopic (exact) mass is 327 g/mol. The predicted octanol–water partition coefficient (Wildman–Crippen LogP) is 3.33. The van der Waals surface area contributed by atoms with Crippen molar-refractivity contribution in [3.05, 3.63) is 29.1 Å². The van der Waals surface area contributed by atoms with E-state index in [0.717, 1.165) is 5.56 Å². The molecule has 0 bridgehead atoms. The first-order chi connectivity index (χ1) is 9.58. The maximum absolute atomic E-state index is 12.3. The zero-order chi connectivity index (χ0) is 15.8. The van der Waals surface area contributed by atoms with Crippen LogP contribution in [0.5, 0.6) is 5.88 Å². The highest BCUT2D eigenvalue weighted by atomic mass is 32.2. The number of aromatic nitrogens is 1. The van der Waals surface area contributed by atoms with Gasteiger partial charge in [0.2, 0.25) is 5.88 Å². The molecule has 0 aliphatic rings. The number of thiazole rings is 1. The van der Waals surface area contributed by atoms with E-state index in [1.54, 1.807) is 26.8 Å². The second kappa shape index (κ2) is 5.40. The van der Waals surface area contributed by atoms with Gasteiger partial charge >= 0.3 is 0 Å². The van der Waals surface area contributed by atoms with E-state index >= 15 is 0 Å². The summed E-state index contributed by atoms with van der Waals surface area (Å²) in [5, 5.41) is 11.4. The normalized spacial score (nSPS) is 12.6. The number of rotatable bonds is 3. The molecule has 2 aromatic rings. The molecule has 0 atom stereocenters. The summed E-state index contributed by atoms with van der Waals surface area (Å²) in [7, 11) is -3.84. The summed E-state index contributed by atoms with van der Waals surface area (Å²) < 4.78 is 29.7. The number of benzene rings is 1. The van der Waals surface area contributed by atoms with Gasteiger partial charge in [-0.25, -0.2) is 4.98 Å². The van der Waals surface area contributed by atoms with Gasteiger partial charge in [-0.2, -0.15) is 8.42 Å². The molecule has 0 amide bonds. The number of hydrogen-bond acceptors (Lipinski definition) is 6. The Kier molecular flexibility index (Phi) is 4.10. The van der Waals surface area contributed by atoms with Crippen LogP contribution in [0.4, 0.5) is 0 Å². The first-order valence-electron chi connectivity index (χ1n) is 6.30. The molecular formula is C14H17NO4S2. The topological polar surface area (TPSA) is 76.5 Å². The Labute approximate surface area is 128 Å². The summed E-state index contributed by atoms with van der Waals surface area (Å²) >= 11 is 1.25. The van der Waals surface area contributed by atoms with E-state index in [2.05, 4.69) is 4.98 Å². The molecule has 0 saturated carbocycles. The van der Waals surface area contributed by atoms with Crippen molar-refractivity contribution in [1.82, 2.24) is 4.98 Å². The van der Waals surface area contributed by atoms with Gasteiger partial charge in [0, 0.05) is 5.56 Å². The van der Waals surface area contributed by atoms with E-state index in [0.29, 0.717) is 10.6 Å². The zero-order valence-electron chi connectivity index (χ0n) is 12.2. The summed E-state index contributed by atoms with van der Waals surface area (Å²) in [5.74, 6) is -0.0754. The fourth-order valence-corrected chi connectivity index (χ4v) is 3.77. The lowest BCUT2D eigenvalue weighted by Crippen LogP contribution is -2.24. The lowest BCUT2D eigenvalue weighted by atomic mass is 10.1. The van der Waals surface area contributed by atoms with E-state index < -0.39 is 15.7 Å². The minimum Gasteiger partial charge on any atom is -0.493 e. The molecule has 0 aliphatic heterocycles. The Morgan fingerprint density at radius 1 is 1.29 bits per heavy atom. The third-order valence-corrected chi connectivity index (χ3v) is 4.99. The van der Waals surface area contributed by atoms with E-state index in [-0.39, 0.29) is 10.8 Å². The Bertz CT molecular complexity index is 758. The van der Waals surface area contributed by atoms with Crippen molar-refractivity contribution >= 4 is 21.5 Å². The van der Waals surface area contributed by atoms with Gasteiger partial charge in [0.1, 0.15) is 5.01 Å². The maximum Gasteiger partial charge on any atom is 0.297 e. The zero-order valence-corrected chi connectivity index (χ0v) is 13.9. The van der Waals surface area contributed by atoms with E-state index in [1.807, 2.05) is 6.92 Å². The molecule has 0 spiro atoms. The van der Waals surface area contributed by atoms with Crippen LogP contribution in [0.15, 0.2) is 28.5 Å². The van der Waals surface area contributed by atoms with Crippen molar-refractivity contribution in [2.75, 3.05) is 0 Å². The molecule has 114 valence electrons. The third-order valence-electron chi connectivity index (χ3n) is 2.58. The van der Waals surface area contributed by atoms with Gasteiger partial charge in [-0.05, 0) is 45.4 Å². The van der Waals surface area contributed by atoms with Crippen LogP contribution in [0, 0.1) is 6.92 Å². The summed E-state index contributed by atoms with van der Waals surface area (Å²) in [5.41, 5.74) is 0.738. The number of hydrogen-bond donors (Lipinski definition) is 1. The maximum atomic E-state index is 12.3. The molecule has 0 aliphatic carbocycles. The van der Waals surface area contributed by atoms with Crippen molar-refractivity contribution in [1.29, 1.82) is 0 Å². The van der Waals surface area contributed by atoms with E-state index in [4.69, 9.17) is 4.18 Å². The van der Waals surface area contributed by atoms with Gasteiger partial charge in [0.15, 0.2) is 0 Å². The largest absolute Gasteiger partial charge is 0.493 e. The summed E-state index contributed by atoms with van der Waals surface area (Å²) in [6, 6.07) is 4.73.